The van der Waals surface area contributed by atoms with Gasteiger partial charge in [0.2, 0.25) is 0 Å². The molecule has 1 unspecified atom stereocenters. The second kappa shape index (κ2) is 3.27. The van der Waals surface area contributed by atoms with Crippen LogP contribution in [0.3, 0.4) is 0 Å². The van der Waals surface area contributed by atoms with E-state index in [9.17, 15) is 0 Å². The molecule has 0 radical (unpaired) electrons. The standard InChI is InChI=1S/C13H15NO/c1-9-6-10-7-11(13(2,3)8-14)4-5-12(10)15-9/h4-5,7,9H,6H2,1-3H3. The van der Waals surface area contributed by atoms with Gasteiger partial charge in [0.25, 0.3) is 0 Å². The molecule has 15 heavy (non-hydrogen) atoms. The summed E-state index contributed by atoms with van der Waals surface area (Å²) in [6.07, 6.45) is 1.21. The van der Waals surface area contributed by atoms with E-state index in [-0.39, 0.29) is 6.10 Å². The van der Waals surface area contributed by atoms with E-state index in [0.717, 1.165) is 17.7 Å². The topological polar surface area (TPSA) is 33.0 Å². The lowest BCUT2D eigenvalue weighted by atomic mass is 9.85. The van der Waals surface area contributed by atoms with Gasteiger partial charge in [0.05, 0.1) is 11.5 Å². The van der Waals surface area contributed by atoms with Crippen LogP contribution >= 0.6 is 0 Å². The van der Waals surface area contributed by atoms with Crippen molar-refractivity contribution in [2.75, 3.05) is 0 Å². The second-order valence-electron chi connectivity index (χ2n) is 4.69. The van der Waals surface area contributed by atoms with Crippen molar-refractivity contribution < 1.29 is 4.74 Å². The SMILES string of the molecule is CC1Cc2cc(C(C)(C)C#N)ccc2O1. The Bertz CT molecular complexity index is 429. The highest BCUT2D eigenvalue weighted by Gasteiger charge is 2.24. The van der Waals surface area contributed by atoms with E-state index < -0.39 is 5.41 Å². The number of hydrogen-bond acceptors (Lipinski definition) is 2. The van der Waals surface area contributed by atoms with Crippen LogP contribution in [0.4, 0.5) is 0 Å². The Labute approximate surface area is 90.5 Å². The summed E-state index contributed by atoms with van der Waals surface area (Å²) in [6.45, 7) is 5.94. The minimum absolute atomic E-state index is 0.264. The van der Waals surface area contributed by atoms with E-state index in [4.69, 9.17) is 10.00 Å². The summed E-state index contributed by atoms with van der Waals surface area (Å²) in [5, 5.41) is 9.07. The summed E-state index contributed by atoms with van der Waals surface area (Å²) in [6, 6.07) is 8.38. The number of rotatable bonds is 1. The van der Waals surface area contributed by atoms with Gasteiger partial charge in [-0.3, -0.25) is 0 Å². The first-order chi connectivity index (χ1) is 7.03. The van der Waals surface area contributed by atoms with Crippen molar-refractivity contribution in [3.8, 4) is 11.8 Å². The highest BCUT2D eigenvalue weighted by molar-refractivity contribution is 5.44. The fourth-order valence-electron chi connectivity index (χ4n) is 1.88. The number of hydrogen-bond donors (Lipinski definition) is 0. The van der Waals surface area contributed by atoms with Crippen molar-refractivity contribution in [2.24, 2.45) is 0 Å². The van der Waals surface area contributed by atoms with Crippen LogP contribution in [-0.4, -0.2) is 6.10 Å². The summed E-state index contributed by atoms with van der Waals surface area (Å²) in [4.78, 5) is 0. The average molecular weight is 201 g/mol. The molecule has 78 valence electrons. The molecule has 1 atom stereocenters. The minimum Gasteiger partial charge on any atom is -0.490 e. The molecule has 0 amide bonds. The van der Waals surface area contributed by atoms with Crippen LogP contribution in [0.15, 0.2) is 18.2 Å². The first-order valence-electron chi connectivity index (χ1n) is 5.24. The molecule has 0 N–H and O–H groups in total. The first kappa shape index (κ1) is 10.0. The quantitative estimate of drug-likeness (QED) is 0.700. The van der Waals surface area contributed by atoms with Crippen molar-refractivity contribution in [1.29, 1.82) is 5.26 Å². The van der Waals surface area contributed by atoms with Crippen molar-refractivity contribution in [3.63, 3.8) is 0 Å². The third-order valence-electron chi connectivity index (χ3n) is 2.90. The fourth-order valence-corrected chi connectivity index (χ4v) is 1.88. The third-order valence-corrected chi connectivity index (χ3v) is 2.90. The Morgan fingerprint density at radius 3 is 2.87 bits per heavy atom. The third kappa shape index (κ3) is 1.70. The van der Waals surface area contributed by atoms with Crippen molar-refractivity contribution in [3.05, 3.63) is 29.3 Å². The van der Waals surface area contributed by atoms with Crippen LogP contribution < -0.4 is 4.74 Å². The van der Waals surface area contributed by atoms with Crippen LogP contribution in [-0.2, 0) is 11.8 Å². The Morgan fingerprint density at radius 1 is 1.47 bits per heavy atom. The first-order valence-corrected chi connectivity index (χ1v) is 5.24. The molecule has 1 heterocycles. The molecule has 0 saturated heterocycles. The number of ether oxygens (including phenoxy) is 1. The Kier molecular flexibility index (Phi) is 2.19. The lowest BCUT2D eigenvalue weighted by Gasteiger charge is -2.16. The lowest BCUT2D eigenvalue weighted by molar-refractivity contribution is 0.254. The molecule has 1 aromatic rings. The molecule has 0 spiro atoms. The van der Waals surface area contributed by atoms with E-state index in [1.165, 1.54) is 5.56 Å². The molecule has 2 heteroatoms. The van der Waals surface area contributed by atoms with Gasteiger partial charge in [0.1, 0.15) is 11.9 Å². The van der Waals surface area contributed by atoms with Crippen LogP contribution in [0.25, 0.3) is 0 Å². The number of fused-ring (bicyclic) bond motifs is 1. The van der Waals surface area contributed by atoms with E-state index in [1.807, 2.05) is 26.0 Å². The van der Waals surface area contributed by atoms with Crippen molar-refractivity contribution >= 4 is 0 Å². The Morgan fingerprint density at radius 2 is 2.20 bits per heavy atom. The maximum atomic E-state index is 9.07. The average Bonchev–Trinajstić information content (AvgIpc) is 2.56. The Balaban J connectivity index is 2.41. The van der Waals surface area contributed by atoms with Gasteiger partial charge in [-0.05, 0) is 38.0 Å². The molecular weight excluding hydrogens is 186 g/mol. The molecule has 0 fully saturated rings. The number of nitrogens with zero attached hydrogens (tertiary/aromatic N) is 1. The van der Waals surface area contributed by atoms with Crippen LogP contribution in [0, 0.1) is 11.3 Å². The van der Waals surface area contributed by atoms with Crippen LogP contribution in [0.2, 0.25) is 0 Å². The lowest BCUT2D eigenvalue weighted by Crippen LogP contribution is -2.13. The minimum atomic E-state index is -0.416. The van der Waals surface area contributed by atoms with E-state index in [1.54, 1.807) is 0 Å². The van der Waals surface area contributed by atoms with Gasteiger partial charge >= 0.3 is 0 Å². The smallest absolute Gasteiger partial charge is 0.123 e. The predicted molar refractivity (Wildman–Crippen MR) is 58.9 cm³/mol. The molecule has 0 aliphatic carbocycles. The highest BCUT2D eigenvalue weighted by atomic mass is 16.5. The van der Waals surface area contributed by atoms with E-state index in [2.05, 4.69) is 19.1 Å². The molecule has 1 aromatic carbocycles. The largest absolute Gasteiger partial charge is 0.490 e. The summed E-state index contributed by atoms with van der Waals surface area (Å²) < 4.78 is 5.63. The second-order valence-corrected chi connectivity index (χ2v) is 4.69. The van der Waals surface area contributed by atoms with Gasteiger partial charge in [0.15, 0.2) is 0 Å². The molecular formula is C13H15NO. The molecule has 0 bridgehead atoms. The summed E-state index contributed by atoms with van der Waals surface area (Å²) in [7, 11) is 0. The highest BCUT2D eigenvalue weighted by Crippen LogP contribution is 2.33. The zero-order valence-corrected chi connectivity index (χ0v) is 9.37. The van der Waals surface area contributed by atoms with E-state index in [0.29, 0.717) is 0 Å². The maximum Gasteiger partial charge on any atom is 0.123 e. The normalized spacial score (nSPS) is 19.2. The number of benzene rings is 1. The molecule has 1 aliphatic rings. The van der Waals surface area contributed by atoms with Gasteiger partial charge in [-0.15, -0.1) is 0 Å². The Hall–Kier alpha value is -1.49. The van der Waals surface area contributed by atoms with Gasteiger partial charge in [-0.1, -0.05) is 12.1 Å². The fraction of sp³-hybridized carbons (Fsp3) is 0.462. The predicted octanol–water partition coefficient (Wildman–Crippen LogP) is 2.81. The van der Waals surface area contributed by atoms with Gasteiger partial charge < -0.3 is 4.74 Å². The monoisotopic (exact) mass is 201 g/mol. The zero-order valence-electron chi connectivity index (χ0n) is 9.37. The zero-order chi connectivity index (χ0) is 11.1. The van der Waals surface area contributed by atoms with Gasteiger partial charge in [-0.25, -0.2) is 0 Å². The van der Waals surface area contributed by atoms with E-state index >= 15 is 0 Å². The number of nitriles is 1. The summed E-state index contributed by atoms with van der Waals surface area (Å²) in [5.41, 5.74) is 1.88. The molecule has 2 rings (SSSR count). The molecule has 1 aliphatic heterocycles. The maximum absolute atomic E-state index is 9.07. The van der Waals surface area contributed by atoms with Crippen molar-refractivity contribution in [1.82, 2.24) is 0 Å². The molecule has 2 nitrogen and oxygen atoms in total. The van der Waals surface area contributed by atoms with Gasteiger partial charge in [-0.2, -0.15) is 5.26 Å². The van der Waals surface area contributed by atoms with Crippen molar-refractivity contribution in [2.45, 2.75) is 38.7 Å². The van der Waals surface area contributed by atoms with Crippen LogP contribution in [0.1, 0.15) is 31.9 Å². The van der Waals surface area contributed by atoms with Gasteiger partial charge in [0, 0.05) is 6.42 Å². The van der Waals surface area contributed by atoms with Crippen LogP contribution in [0.5, 0.6) is 5.75 Å². The molecule has 0 saturated carbocycles. The molecule has 0 aromatic heterocycles. The summed E-state index contributed by atoms with van der Waals surface area (Å²) >= 11 is 0. The summed E-state index contributed by atoms with van der Waals surface area (Å²) in [5.74, 6) is 0.972.